The lowest BCUT2D eigenvalue weighted by Gasteiger charge is -2.15. The van der Waals surface area contributed by atoms with Crippen molar-refractivity contribution in [3.63, 3.8) is 0 Å². The molecule has 1 unspecified atom stereocenters. The van der Waals surface area contributed by atoms with Crippen LogP contribution in [0.25, 0.3) is 0 Å². The maximum absolute atomic E-state index is 12.6. The van der Waals surface area contributed by atoms with Crippen LogP contribution in [0.2, 0.25) is 0 Å². The van der Waals surface area contributed by atoms with Gasteiger partial charge in [0.25, 0.3) is 0 Å². The first-order valence-electron chi connectivity index (χ1n) is 7.49. The minimum Gasteiger partial charge on any atom is -0.384 e. The van der Waals surface area contributed by atoms with E-state index in [9.17, 15) is 8.42 Å². The number of nitrogens with one attached hydrogen (secondary N) is 2. The minimum atomic E-state index is -3.37. The maximum atomic E-state index is 12.6. The van der Waals surface area contributed by atoms with Crippen LogP contribution in [0, 0.1) is 5.92 Å². The Labute approximate surface area is 125 Å². The van der Waals surface area contributed by atoms with E-state index in [2.05, 4.69) is 10.3 Å². The Morgan fingerprint density at radius 2 is 2.24 bits per heavy atom. The molecular weight excluding hydrogens is 290 g/mol. The van der Waals surface area contributed by atoms with Gasteiger partial charge >= 0.3 is 0 Å². The molecule has 1 aromatic heterocycles. The molecule has 2 heterocycles. The van der Waals surface area contributed by atoms with Crippen molar-refractivity contribution in [2.75, 3.05) is 26.8 Å². The van der Waals surface area contributed by atoms with E-state index in [1.54, 1.807) is 23.7 Å². The van der Waals surface area contributed by atoms with Gasteiger partial charge in [0.05, 0.1) is 11.5 Å². The second-order valence-corrected chi connectivity index (χ2v) is 7.93. The number of aromatic nitrogens is 1. The second-order valence-electron chi connectivity index (χ2n) is 5.99. The normalized spacial score (nSPS) is 23.8. The summed E-state index contributed by atoms with van der Waals surface area (Å²) in [5, 5.41) is 3.37. The third-order valence-electron chi connectivity index (χ3n) is 4.16. The van der Waals surface area contributed by atoms with Gasteiger partial charge in [-0.3, -0.25) is 0 Å². The Hall–Kier alpha value is -0.890. The molecule has 7 heteroatoms. The van der Waals surface area contributed by atoms with Crippen LogP contribution in [-0.2, 0) is 21.3 Å². The summed E-state index contributed by atoms with van der Waals surface area (Å²) >= 11 is 0. The molecule has 0 radical (unpaired) electrons. The van der Waals surface area contributed by atoms with Crippen LogP contribution in [0.5, 0.6) is 0 Å². The van der Waals surface area contributed by atoms with Gasteiger partial charge in [0, 0.05) is 44.7 Å². The highest BCUT2D eigenvalue weighted by Crippen LogP contribution is 2.25. The molecule has 2 N–H and O–H groups in total. The summed E-state index contributed by atoms with van der Waals surface area (Å²) in [5.74, 6) is 0.305. The molecule has 6 nitrogen and oxygen atoms in total. The van der Waals surface area contributed by atoms with Gasteiger partial charge in [0.1, 0.15) is 0 Å². The molecule has 2 aliphatic rings. The van der Waals surface area contributed by atoms with E-state index in [1.165, 1.54) is 12.8 Å². The average molecular weight is 313 g/mol. The van der Waals surface area contributed by atoms with Gasteiger partial charge in [-0.1, -0.05) is 0 Å². The van der Waals surface area contributed by atoms with Crippen LogP contribution in [-0.4, -0.2) is 50.6 Å². The molecule has 1 atom stereocenters. The second kappa shape index (κ2) is 6.08. The number of rotatable bonds is 7. The lowest BCUT2D eigenvalue weighted by Crippen LogP contribution is -2.29. The quantitative estimate of drug-likeness (QED) is 0.785. The fourth-order valence-electron chi connectivity index (χ4n) is 2.75. The van der Waals surface area contributed by atoms with Crippen LogP contribution >= 0.6 is 0 Å². The van der Waals surface area contributed by atoms with E-state index in [-0.39, 0.29) is 0 Å². The van der Waals surface area contributed by atoms with E-state index < -0.39 is 10.0 Å². The van der Waals surface area contributed by atoms with Crippen molar-refractivity contribution >= 4 is 10.0 Å². The van der Waals surface area contributed by atoms with Crippen molar-refractivity contribution in [2.24, 2.45) is 5.92 Å². The van der Waals surface area contributed by atoms with Crippen LogP contribution in [0.15, 0.2) is 17.2 Å². The smallest absolute Gasteiger partial charge is 0.244 e. The number of sulfonamides is 1. The highest BCUT2D eigenvalue weighted by Gasteiger charge is 2.33. The van der Waals surface area contributed by atoms with Gasteiger partial charge in [-0.2, -0.15) is 4.31 Å². The molecule has 1 saturated heterocycles. The largest absolute Gasteiger partial charge is 0.384 e. The first-order valence-corrected chi connectivity index (χ1v) is 8.93. The van der Waals surface area contributed by atoms with E-state index >= 15 is 0 Å². The van der Waals surface area contributed by atoms with Crippen molar-refractivity contribution in [3.8, 4) is 0 Å². The maximum Gasteiger partial charge on any atom is 0.244 e. The molecule has 1 saturated carbocycles. The number of aromatic amines is 1. The molecule has 2 fully saturated rings. The highest BCUT2D eigenvalue weighted by atomic mass is 32.2. The summed E-state index contributed by atoms with van der Waals surface area (Å²) in [6.45, 7) is 2.45. The predicted molar refractivity (Wildman–Crippen MR) is 79.4 cm³/mol. The molecule has 0 bridgehead atoms. The Morgan fingerprint density at radius 1 is 1.43 bits per heavy atom. The number of hydrogen-bond acceptors (Lipinski definition) is 4. The molecule has 21 heavy (non-hydrogen) atoms. The number of H-pyrrole nitrogens is 1. The topological polar surface area (TPSA) is 74.4 Å². The Morgan fingerprint density at radius 3 is 2.95 bits per heavy atom. The van der Waals surface area contributed by atoms with Crippen molar-refractivity contribution in [3.05, 3.63) is 18.0 Å². The summed E-state index contributed by atoms with van der Waals surface area (Å²) < 4.78 is 31.9. The fraction of sp³-hybridized carbons (Fsp3) is 0.714. The van der Waals surface area contributed by atoms with Crippen molar-refractivity contribution < 1.29 is 13.2 Å². The molecule has 118 valence electrons. The van der Waals surface area contributed by atoms with Crippen molar-refractivity contribution in [1.82, 2.24) is 14.6 Å². The zero-order valence-electron chi connectivity index (χ0n) is 12.3. The molecule has 0 aromatic carbocycles. The third-order valence-corrected chi connectivity index (χ3v) is 6.01. The van der Waals surface area contributed by atoms with Gasteiger partial charge in [-0.25, -0.2) is 8.42 Å². The number of methoxy groups -OCH3 is 1. The zero-order valence-corrected chi connectivity index (χ0v) is 13.2. The average Bonchev–Trinajstić information content (AvgIpc) is 2.97. The fourth-order valence-corrected chi connectivity index (χ4v) is 4.30. The number of nitrogens with zero attached hydrogens (tertiary/aromatic N) is 1. The molecule has 0 spiro atoms. The molecule has 3 rings (SSSR count). The Bertz CT molecular complexity index is 580. The molecule has 0 amide bonds. The van der Waals surface area contributed by atoms with E-state index in [0.717, 1.165) is 12.1 Å². The minimum absolute atomic E-state index is 0.305. The Kier molecular flexibility index (Phi) is 4.35. The van der Waals surface area contributed by atoms with Crippen LogP contribution in [0.4, 0.5) is 0 Å². The molecule has 1 aliphatic carbocycles. The van der Waals surface area contributed by atoms with Crippen molar-refractivity contribution in [1.29, 1.82) is 0 Å². The summed E-state index contributed by atoms with van der Waals surface area (Å²) in [6, 6.07) is 2.36. The summed E-state index contributed by atoms with van der Waals surface area (Å²) in [6.07, 6.45) is 4.91. The summed E-state index contributed by atoms with van der Waals surface area (Å²) in [7, 11) is -1.72. The highest BCUT2D eigenvalue weighted by molar-refractivity contribution is 7.89. The molecular formula is C14H23N3O3S. The van der Waals surface area contributed by atoms with Gasteiger partial charge < -0.3 is 15.0 Å². The van der Waals surface area contributed by atoms with E-state index in [1.807, 2.05) is 0 Å². The zero-order chi connectivity index (χ0) is 14.9. The van der Waals surface area contributed by atoms with Gasteiger partial charge in [0.2, 0.25) is 10.0 Å². The standard InChI is InChI=1S/C14H23N3O3S/c1-20-10-11-4-5-17(9-11)21(18,19)14-6-13(16-8-14)7-15-12-2-3-12/h6,8,11-12,15-16H,2-5,7,9-10H2,1H3. The van der Waals surface area contributed by atoms with Gasteiger partial charge in [0.15, 0.2) is 0 Å². The van der Waals surface area contributed by atoms with Crippen molar-refractivity contribution in [2.45, 2.75) is 36.7 Å². The first-order chi connectivity index (χ1) is 10.1. The molecule has 1 aliphatic heterocycles. The molecule has 1 aromatic rings. The lowest BCUT2D eigenvalue weighted by atomic mass is 10.1. The van der Waals surface area contributed by atoms with E-state index in [0.29, 0.717) is 43.1 Å². The van der Waals surface area contributed by atoms with Gasteiger partial charge in [-0.05, 0) is 31.2 Å². The number of ether oxygens (including phenoxy) is 1. The number of hydrogen-bond donors (Lipinski definition) is 2. The van der Waals surface area contributed by atoms with Gasteiger partial charge in [-0.15, -0.1) is 0 Å². The van der Waals surface area contributed by atoms with E-state index in [4.69, 9.17) is 4.74 Å². The SMILES string of the molecule is COCC1CCN(S(=O)(=O)c2c[nH]c(CNC3CC3)c2)C1. The monoisotopic (exact) mass is 313 g/mol. The summed E-state index contributed by atoms with van der Waals surface area (Å²) in [4.78, 5) is 3.43. The van der Waals surface area contributed by atoms with Crippen LogP contribution in [0.1, 0.15) is 25.0 Å². The summed E-state index contributed by atoms with van der Waals surface area (Å²) in [5.41, 5.74) is 0.924. The lowest BCUT2D eigenvalue weighted by molar-refractivity contribution is 0.157. The first kappa shape index (κ1) is 15.0. The third kappa shape index (κ3) is 3.48. The van der Waals surface area contributed by atoms with Crippen LogP contribution in [0.3, 0.4) is 0 Å². The predicted octanol–water partition coefficient (Wildman–Crippen LogP) is 0.924. The van der Waals surface area contributed by atoms with Crippen LogP contribution < -0.4 is 5.32 Å². The Balaban J connectivity index is 1.64.